The van der Waals surface area contributed by atoms with Crippen molar-refractivity contribution < 1.29 is 4.79 Å². The zero-order valence-corrected chi connectivity index (χ0v) is 13.3. The molecule has 1 saturated heterocycles. The smallest absolute Gasteiger partial charge is 0.254 e. The molecule has 0 bridgehead atoms. The molecule has 6 nitrogen and oxygen atoms in total. The van der Waals surface area contributed by atoms with Crippen LogP contribution in [0.1, 0.15) is 23.0 Å². The van der Waals surface area contributed by atoms with E-state index >= 15 is 0 Å². The summed E-state index contributed by atoms with van der Waals surface area (Å²) in [6.07, 6.45) is 1.72. The third kappa shape index (κ3) is 2.87. The summed E-state index contributed by atoms with van der Waals surface area (Å²) < 4.78 is 1.71. The van der Waals surface area contributed by atoms with E-state index in [1.54, 1.807) is 10.9 Å². The molecule has 1 amide bonds. The Morgan fingerprint density at radius 2 is 2.24 bits per heavy atom. The Balaban J connectivity index is 0.00000161. The van der Waals surface area contributed by atoms with Crippen LogP contribution in [-0.2, 0) is 7.05 Å². The van der Waals surface area contributed by atoms with Gasteiger partial charge >= 0.3 is 0 Å². The van der Waals surface area contributed by atoms with Gasteiger partial charge in [-0.1, -0.05) is 0 Å². The van der Waals surface area contributed by atoms with Crippen LogP contribution in [-0.4, -0.2) is 51.2 Å². The van der Waals surface area contributed by atoms with E-state index in [-0.39, 0.29) is 18.3 Å². The molecule has 0 aromatic carbocycles. The van der Waals surface area contributed by atoms with Crippen molar-refractivity contribution in [3.63, 3.8) is 0 Å². The van der Waals surface area contributed by atoms with Crippen molar-refractivity contribution in [2.75, 3.05) is 19.6 Å². The maximum Gasteiger partial charge on any atom is 0.254 e. The lowest BCUT2D eigenvalue weighted by molar-refractivity contribution is 0.0711. The molecule has 1 atom stereocenters. The molecule has 1 aliphatic heterocycles. The van der Waals surface area contributed by atoms with Gasteiger partial charge in [-0.2, -0.15) is 5.10 Å². The Morgan fingerprint density at radius 1 is 1.48 bits per heavy atom. The number of rotatable bonds is 1. The van der Waals surface area contributed by atoms with E-state index in [0.29, 0.717) is 11.6 Å². The van der Waals surface area contributed by atoms with Gasteiger partial charge in [0.2, 0.25) is 0 Å². The average molecular weight is 310 g/mol. The minimum absolute atomic E-state index is 0. The van der Waals surface area contributed by atoms with Gasteiger partial charge in [0.25, 0.3) is 5.91 Å². The van der Waals surface area contributed by atoms with Gasteiger partial charge in [-0.15, -0.1) is 12.4 Å². The van der Waals surface area contributed by atoms with Gasteiger partial charge < -0.3 is 10.2 Å². The topological polar surface area (TPSA) is 63.1 Å². The number of hydrogen-bond donors (Lipinski definition) is 1. The van der Waals surface area contributed by atoms with Gasteiger partial charge in [0.1, 0.15) is 0 Å². The zero-order valence-electron chi connectivity index (χ0n) is 12.5. The van der Waals surface area contributed by atoms with Crippen LogP contribution in [0.25, 0.3) is 11.0 Å². The molecular formula is C14H20ClN5O. The van der Waals surface area contributed by atoms with Gasteiger partial charge in [0.05, 0.1) is 17.1 Å². The molecular weight excluding hydrogens is 290 g/mol. The molecule has 0 aliphatic carbocycles. The zero-order chi connectivity index (χ0) is 14.3. The number of aryl methyl sites for hydroxylation is 2. The van der Waals surface area contributed by atoms with E-state index in [9.17, 15) is 4.79 Å². The summed E-state index contributed by atoms with van der Waals surface area (Å²) >= 11 is 0. The van der Waals surface area contributed by atoms with Gasteiger partial charge in [0.15, 0.2) is 5.65 Å². The third-order valence-corrected chi connectivity index (χ3v) is 3.72. The second-order valence-electron chi connectivity index (χ2n) is 5.42. The number of amides is 1. The van der Waals surface area contributed by atoms with Crippen molar-refractivity contribution in [3.05, 3.63) is 23.5 Å². The highest BCUT2D eigenvalue weighted by Gasteiger charge is 2.24. The third-order valence-electron chi connectivity index (χ3n) is 3.72. The van der Waals surface area contributed by atoms with Crippen LogP contribution < -0.4 is 5.32 Å². The Kier molecular flexibility index (Phi) is 4.49. The predicted molar refractivity (Wildman–Crippen MR) is 83.9 cm³/mol. The van der Waals surface area contributed by atoms with Crippen molar-refractivity contribution in [1.29, 1.82) is 0 Å². The standard InChI is InChI=1S/C14H19N5O.ClH/c1-9-6-11(12-7-16-18(3)13(12)17-9)14(20)19-5-4-15-10(2)8-19;/h6-7,10,15H,4-5,8H2,1-3H3;1H. The highest BCUT2D eigenvalue weighted by molar-refractivity contribution is 6.05. The number of pyridine rings is 1. The van der Waals surface area contributed by atoms with Crippen molar-refractivity contribution >= 4 is 29.3 Å². The fourth-order valence-corrected chi connectivity index (χ4v) is 2.70. The molecule has 1 fully saturated rings. The maximum atomic E-state index is 12.8. The van der Waals surface area contributed by atoms with E-state index in [1.165, 1.54) is 0 Å². The first-order chi connectivity index (χ1) is 9.56. The van der Waals surface area contributed by atoms with Crippen molar-refractivity contribution in [3.8, 4) is 0 Å². The lowest BCUT2D eigenvalue weighted by Gasteiger charge is -2.32. The minimum atomic E-state index is 0. The first-order valence-corrected chi connectivity index (χ1v) is 6.88. The van der Waals surface area contributed by atoms with E-state index in [0.717, 1.165) is 36.4 Å². The Labute approximate surface area is 129 Å². The summed E-state index contributed by atoms with van der Waals surface area (Å²) in [6.45, 7) is 6.32. The van der Waals surface area contributed by atoms with Gasteiger partial charge in [-0.3, -0.25) is 9.48 Å². The van der Waals surface area contributed by atoms with Gasteiger partial charge in [-0.25, -0.2) is 4.98 Å². The molecule has 7 heteroatoms. The maximum absolute atomic E-state index is 12.8. The summed E-state index contributed by atoms with van der Waals surface area (Å²) in [5, 5.41) is 8.39. The minimum Gasteiger partial charge on any atom is -0.336 e. The molecule has 21 heavy (non-hydrogen) atoms. The summed E-state index contributed by atoms with van der Waals surface area (Å²) in [4.78, 5) is 19.1. The largest absolute Gasteiger partial charge is 0.336 e. The second-order valence-corrected chi connectivity index (χ2v) is 5.42. The number of carbonyl (C=O) groups is 1. The monoisotopic (exact) mass is 309 g/mol. The summed E-state index contributed by atoms with van der Waals surface area (Å²) in [6, 6.07) is 2.19. The Hall–Kier alpha value is -1.66. The van der Waals surface area contributed by atoms with Crippen LogP contribution in [0.2, 0.25) is 0 Å². The molecule has 2 aromatic rings. The number of hydrogen-bond acceptors (Lipinski definition) is 4. The second kappa shape index (κ2) is 5.99. The van der Waals surface area contributed by atoms with Gasteiger partial charge in [0, 0.05) is 38.4 Å². The highest BCUT2D eigenvalue weighted by atomic mass is 35.5. The van der Waals surface area contributed by atoms with E-state index in [1.807, 2.05) is 24.9 Å². The molecule has 3 rings (SSSR count). The molecule has 2 aromatic heterocycles. The molecule has 0 radical (unpaired) electrons. The Bertz CT molecular complexity index is 669. The van der Waals surface area contributed by atoms with E-state index < -0.39 is 0 Å². The highest BCUT2D eigenvalue weighted by Crippen LogP contribution is 2.20. The first-order valence-electron chi connectivity index (χ1n) is 6.88. The van der Waals surface area contributed by atoms with Gasteiger partial charge in [-0.05, 0) is 19.9 Å². The van der Waals surface area contributed by atoms with Crippen LogP contribution in [0, 0.1) is 6.92 Å². The van der Waals surface area contributed by atoms with Crippen molar-refractivity contribution in [2.24, 2.45) is 7.05 Å². The van der Waals surface area contributed by atoms with Crippen LogP contribution in [0.3, 0.4) is 0 Å². The number of halogens is 1. The summed E-state index contributed by atoms with van der Waals surface area (Å²) in [5.74, 6) is 0.0712. The summed E-state index contributed by atoms with van der Waals surface area (Å²) in [7, 11) is 1.84. The molecule has 0 saturated carbocycles. The van der Waals surface area contributed by atoms with Crippen LogP contribution in [0.5, 0.6) is 0 Å². The number of carbonyl (C=O) groups excluding carboxylic acids is 1. The van der Waals surface area contributed by atoms with Crippen molar-refractivity contribution in [1.82, 2.24) is 25.0 Å². The molecule has 3 heterocycles. The lowest BCUT2D eigenvalue weighted by Crippen LogP contribution is -2.51. The number of nitrogens with zero attached hydrogens (tertiary/aromatic N) is 4. The average Bonchev–Trinajstić information content (AvgIpc) is 2.79. The lowest BCUT2D eigenvalue weighted by atomic mass is 10.1. The van der Waals surface area contributed by atoms with E-state index in [4.69, 9.17) is 0 Å². The normalized spacial score (nSPS) is 18.6. The molecule has 1 N–H and O–H groups in total. The van der Waals surface area contributed by atoms with Crippen LogP contribution in [0.15, 0.2) is 12.3 Å². The molecule has 114 valence electrons. The Morgan fingerprint density at radius 3 is 2.95 bits per heavy atom. The summed E-state index contributed by atoms with van der Waals surface area (Å²) in [5.41, 5.74) is 2.30. The predicted octanol–water partition coefficient (Wildman–Crippen LogP) is 1.13. The SMILES string of the molecule is Cc1cc(C(=O)N2CCNC(C)C2)c2cnn(C)c2n1.Cl. The van der Waals surface area contributed by atoms with E-state index in [2.05, 4.69) is 22.3 Å². The quantitative estimate of drug-likeness (QED) is 0.858. The first kappa shape index (κ1) is 15.7. The fraction of sp³-hybridized carbons (Fsp3) is 0.500. The number of nitrogens with one attached hydrogen (secondary N) is 1. The fourth-order valence-electron chi connectivity index (χ4n) is 2.70. The number of fused-ring (bicyclic) bond motifs is 1. The van der Waals surface area contributed by atoms with Crippen molar-refractivity contribution in [2.45, 2.75) is 19.9 Å². The molecule has 1 unspecified atom stereocenters. The molecule has 0 spiro atoms. The van der Waals surface area contributed by atoms with Crippen LogP contribution >= 0.6 is 12.4 Å². The number of piperazine rings is 1. The van der Waals surface area contributed by atoms with Crippen LogP contribution in [0.4, 0.5) is 0 Å². The number of aromatic nitrogens is 3. The molecule has 1 aliphatic rings.